The molecule has 0 spiro atoms. The van der Waals surface area contributed by atoms with Crippen molar-refractivity contribution in [3.8, 4) is 0 Å². The van der Waals surface area contributed by atoms with Crippen molar-refractivity contribution in [1.29, 1.82) is 0 Å². The van der Waals surface area contributed by atoms with Crippen LogP contribution in [0.2, 0.25) is 0 Å². The standard InChI is InChI=1S/C8H12O6/c1-11-7(9)13-5-3-4-6-14-8(10)12-2/h3-4H,5-6H2,1-2H3. The van der Waals surface area contributed by atoms with Crippen LogP contribution in [0.3, 0.4) is 0 Å². The highest BCUT2D eigenvalue weighted by Crippen LogP contribution is 1.86. The summed E-state index contributed by atoms with van der Waals surface area (Å²) in [7, 11) is 2.43. The molecule has 0 aromatic carbocycles. The van der Waals surface area contributed by atoms with E-state index in [0.717, 1.165) is 0 Å². The minimum Gasteiger partial charge on any atom is -0.438 e. The fraction of sp³-hybridized carbons (Fsp3) is 0.500. The monoisotopic (exact) mass is 204 g/mol. The SMILES string of the molecule is COC(=O)OCC=CCOC(=O)OC. The van der Waals surface area contributed by atoms with Gasteiger partial charge < -0.3 is 18.9 Å². The van der Waals surface area contributed by atoms with Gasteiger partial charge in [0.2, 0.25) is 0 Å². The van der Waals surface area contributed by atoms with Crippen molar-refractivity contribution in [3.63, 3.8) is 0 Å². The second-order valence-electron chi connectivity index (χ2n) is 2.00. The molecule has 0 bridgehead atoms. The third kappa shape index (κ3) is 6.96. The van der Waals surface area contributed by atoms with E-state index in [0.29, 0.717) is 0 Å². The summed E-state index contributed by atoms with van der Waals surface area (Å²) in [5.41, 5.74) is 0. The number of rotatable bonds is 4. The fourth-order valence-corrected chi connectivity index (χ4v) is 0.486. The van der Waals surface area contributed by atoms with Crippen molar-refractivity contribution in [2.75, 3.05) is 27.4 Å². The summed E-state index contributed by atoms with van der Waals surface area (Å²) in [6.45, 7) is 0.133. The molecule has 6 heteroatoms. The van der Waals surface area contributed by atoms with E-state index in [2.05, 4.69) is 18.9 Å². The Kier molecular flexibility index (Phi) is 6.93. The Morgan fingerprint density at radius 2 is 1.29 bits per heavy atom. The molecule has 0 radical (unpaired) electrons. The van der Waals surface area contributed by atoms with Gasteiger partial charge in [-0.3, -0.25) is 0 Å². The lowest BCUT2D eigenvalue weighted by Crippen LogP contribution is -2.05. The Bertz CT molecular complexity index is 188. The molecule has 0 amide bonds. The van der Waals surface area contributed by atoms with E-state index in [1.54, 1.807) is 0 Å². The molecule has 0 aromatic rings. The van der Waals surface area contributed by atoms with Crippen molar-refractivity contribution >= 4 is 12.3 Å². The van der Waals surface area contributed by atoms with E-state index in [-0.39, 0.29) is 13.2 Å². The maximum absolute atomic E-state index is 10.4. The summed E-state index contributed by atoms with van der Waals surface area (Å²) in [6, 6.07) is 0. The van der Waals surface area contributed by atoms with Gasteiger partial charge in [-0.05, 0) is 12.2 Å². The van der Waals surface area contributed by atoms with Crippen molar-refractivity contribution in [2.24, 2.45) is 0 Å². The molecule has 0 heterocycles. The first-order chi connectivity index (χ1) is 6.70. The topological polar surface area (TPSA) is 71.1 Å². The van der Waals surface area contributed by atoms with E-state index in [1.807, 2.05) is 0 Å². The number of hydrogen-bond acceptors (Lipinski definition) is 6. The number of hydrogen-bond donors (Lipinski definition) is 0. The van der Waals surface area contributed by atoms with Crippen LogP contribution in [-0.4, -0.2) is 39.7 Å². The number of methoxy groups -OCH3 is 2. The van der Waals surface area contributed by atoms with Crippen molar-refractivity contribution < 1.29 is 28.5 Å². The van der Waals surface area contributed by atoms with Gasteiger partial charge in [-0.15, -0.1) is 0 Å². The lowest BCUT2D eigenvalue weighted by Gasteiger charge is -1.99. The predicted octanol–water partition coefficient (Wildman–Crippen LogP) is 1.11. The van der Waals surface area contributed by atoms with Crippen LogP contribution in [0.1, 0.15) is 0 Å². The van der Waals surface area contributed by atoms with Crippen LogP contribution < -0.4 is 0 Å². The van der Waals surface area contributed by atoms with Crippen LogP contribution in [0.15, 0.2) is 12.2 Å². The molecule has 80 valence electrons. The van der Waals surface area contributed by atoms with E-state index in [1.165, 1.54) is 26.4 Å². The minimum absolute atomic E-state index is 0.0667. The Labute approximate surface area is 81.4 Å². The highest BCUT2D eigenvalue weighted by atomic mass is 16.7. The lowest BCUT2D eigenvalue weighted by atomic mass is 10.5. The Morgan fingerprint density at radius 3 is 1.57 bits per heavy atom. The molecule has 14 heavy (non-hydrogen) atoms. The first-order valence-electron chi connectivity index (χ1n) is 3.77. The normalized spacial score (nSPS) is 9.57. The third-order valence-electron chi connectivity index (χ3n) is 1.09. The number of ether oxygens (including phenoxy) is 4. The van der Waals surface area contributed by atoms with E-state index >= 15 is 0 Å². The van der Waals surface area contributed by atoms with Crippen LogP contribution in [0, 0.1) is 0 Å². The van der Waals surface area contributed by atoms with Crippen LogP contribution in [0.25, 0.3) is 0 Å². The molecule has 6 nitrogen and oxygen atoms in total. The molecule has 0 fully saturated rings. The van der Waals surface area contributed by atoms with E-state index < -0.39 is 12.3 Å². The largest absolute Gasteiger partial charge is 0.508 e. The van der Waals surface area contributed by atoms with Crippen LogP contribution in [0.5, 0.6) is 0 Å². The maximum Gasteiger partial charge on any atom is 0.508 e. The molecule has 0 rings (SSSR count). The van der Waals surface area contributed by atoms with Gasteiger partial charge in [0.15, 0.2) is 0 Å². The van der Waals surface area contributed by atoms with Gasteiger partial charge in [0, 0.05) is 0 Å². The zero-order valence-corrected chi connectivity index (χ0v) is 8.02. The van der Waals surface area contributed by atoms with Gasteiger partial charge in [-0.25, -0.2) is 9.59 Å². The highest BCUT2D eigenvalue weighted by Gasteiger charge is 1.97. The summed E-state index contributed by atoms with van der Waals surface area (Å²) in [5.74, 6) is 0. The van der Waals surface area contributed by atoms with Gasteiger partial charge in [-0.1, -0.05) is 0 Å². The van der Waals surface area contributed by atoms with Gasteiger partial charge >= 0.3 is 12.3 Å². The lowest BCUT2D eigenvalue weighted by molar-refractivity contribution is 0.0782. The molecule has 0 aromatic heterocycles. The molecule has 0 atom stereocenters. The Hall–Kier alpha value is -1.72. The van der Waals surface area contributed by atoms with Crippen LogP contribution in [-0.2, 0) is 18.9 Å². The zero-order valence-electron chi connectivity index (χ0n) is 8.02. The first kappa shape index (κ1) is 12.3. The average Bonchev–Trinajstić information content (AvgIpc) is 2.22. The first-order valence-corrected chi connectivity index (χ1v) is 3.77. The van der Waals surface area contributed by atoms with Crippen LogP contribution >= 0.6 is 0 Å². The van der Waals surface area contributed by atoms with E-state index in [4.69, 9.17) is 0 Å². The average molecular weight is 204 g/mol. The predicted molar refractivity (Wildman–Crippen MR) is 45.9 cm³/mol. The quantitative estimate of drug-likeness (QED) is 0.504. The smallest absolute Gasteiger partial charge is 0.438 e. The summed E-state index contributed by atoms with van der Waals surface area (Å²) in [4.78, 5) is 20.8. The third-order valence-corrected chi connectivity index (χ3v) is 1.09. The molecular weight excluding hydrogens is 192 g/mol. The Morgan fingerprint density at radius 1 is 0.929 bits per heavy atom. The molecule has 0 unspecified atom stereocenters. The van der Waals surface area contributed by atoms with Gasteiger partial charge in [0.1, 0.15) is 13.2 Å². The number of carbonyl (C=O) groups is 2. The summed E-state index contributed by atoms with van der Waals surface area (Å²) in [6.07, 6.45) is 1.51. The molecule has 0 aliphatic carbocycles. The zero-order chi connectivity index (χ0) is 10.8. The molecule has 0 aliphatic rings. The van der Waals surface area contributed by atoms with Crippen molar-refractivity contribution in [3.05, 3.63) is 12.2 Å². The van der Waals surface area contributed by atoms with Gasteiger partial charge in [0.25, 0.3) is 0 Å². The van der Waals surface area contributed by atoms with E-state index in [9.17, 15) is 9.59 Å². The second-order valence-corrected chi connectivity index (χ2v) is 2.00. The highest BCUT2D eigenvalue weighted by molar-refractivity contribution is 5.60. The summed E-state index contributed by atoms with van der Waals surface area (Å²) >= 11 is 0. The van der Waals surface area contributed by atoms with Gasteiger partial charge in [-0.2, -0.15) is 0 Å². The second kappa shape index (κ2) is 7.90. The summed E-state index contributed by atoms with van der Waals surface area (Å²) < 4.78 is 17.4. The fourth-order valence-electron chi connectivity index (χ4n) is 0.486. The molecule has 0 N–H and O–H groups in total. The Balaban J connectivity index is 3.36. The van der Waals surface area contributed by atoms with Crippen molar-refractivity contribution in [2.45, 2.75) is 0 Å². The number of carbonyl (C=O) groups excluding carboxylic acids is 2. The molecular formula is C8H12O6. The molecule has 0 saturated carbocycles. The molecule has 0 saturated heterocycles. The van der Waals surface area contributed by atoms with Crippen LogP contribution in [0.4, 0.5) is 9.59 Å². The van der Waals surface area contributed by atoms with Gasteiger partial charge in [0.05, 0.1) is 14.2 Å². The summed E-state index contributed by atoms with van der Waals surface area (Å²) in [5, 5.41) is 0. The van der Waals surface area contributed by atoms with Crippen molar-refractivity contribution in [1.82, 2.24) is 0 Å². The minimum atomic E-state index is -0.761. The maximum atomic E-state index is 10.4. The molecule has 0 aliphatic heterocycles.